The highest BCUT2D eigenvalue weighted by atomic mass is 32.2. The number of aromatic nitrogens is 2. The summed E-state index contributed by atoms with van der Waals surface area (Å²) >= 11 is 2.92. The number of fused-ring (bicyclic) bond motifs is 1. The average molecular weight is 477 g/mol. The van der Waals surface area contributed by atoms with Crippen LogP contribution in [0.1, 0.15) is 35.4 Å². The fraction of sp³-hybridized carbons (Fsp3) is 0.545. The molecular formula is C22H28N4O4S2. The number of piperidine rings is 1. The van der Waals surface area contributed by atoms with Crippen LogP contribution in [0.15, 0.2) is 22.5 Å². The van der Waals surface area contributed by atoms with Crippen LogP contribution in [0.25, 0.3) is 0 Å². The van der Waals surface area contributed by atoms with E-state index in [1.807, 2.05) is 24.0 Å². The Hall–Kier alpha value is -2.17. The molecule has 2 aliphatic heterocycles. The second-order valence-electron chi connectivity index (χ2n) is 7.99. The van der Waals surface area contributed by atoms with Gasteiger partial charge in [0.15, 0.2) is 4.34 Å². The van der Waals surface area contributed by atoms with Gasteiger partial charge in [-0.05, 0) is 44.0 Å². The fourth-order valence-corrected chi connectivity index (χ4v) is 5.85. The van der Waals surface area contributed by atoms with Gasteiger partial charge >= 0.3 is 5.97 Å². The van der Waals surface area contributed by atoms with Crippen molar-refractivity contribution in [2.24, 2.45) is 0 Å². The van der Waals surface area contributed by atoms with Gasteiger partial charge in [-0.25, -0.2) is 0 Å². The number of rotatable bonds is 6. The molecule has 1 amide bonds. The molecule has 0 bridgehead atoms. The summed E-state index contributed by atoms with van der Waals surface area (Å²) < 4.78 is 11.7. The predicted octanol–water partition coefficient (Wildman–Crippen LogP) is 2.89. The van der Waals surface area contributed by atoms with Crippen LogP contribution < -0.4 is 4.74 Å². The smallest absolute Gasteiger partial charge is 0.323 e. The quantitative estimate of drug-likeness (QED) is 0.465. The molecule has 1 aromatic carbocycles. The van der Waals surface area contributed by atoms with Gasteiger partial charge in [0, 0.05) is 18.7 Å². The van der Waals surface area contributed by atoms with Crippen molar-refractivity contribution in [1.29, 1.82) is 0 Å². The number of methoxy groups -OCH3 is 1. The first-order valence-electron chi connectivity index (χ1n) is 10.8. The number of ether oxygens (including phenoxy) is 2. The van der Waals surface area contributed by atoms with Crippen LogP contribution in [-0.4, -0.2) is 70.5 Å². The Kier molecular flexibility index (Phi) is 7.64. The SMILES string of the molecule is COC(=O)[C@H]1CCCCN1Cc1ccc2c(c1)CN(C(=O)CSc1nnc(C)s1)CCO2. The van der Waals surface area contributed by atoms with Crippen molar-refractivity contribution in [3.63, 3.8) is 0 Å². The first-order chi connectivity index (χ1) is 15.5. The highest BCUT2D eigenvalue weighted by molar-refractivity contribution is 8.01. The van der Waals surface area contributed by atoms with Gasteiger partial charge in [0.1, 0.15) is 23.4 Å². The van der Waals surface area contributed by atoms with Crippen LogP contribution in [0.5, 0.6) is 5.75 Å². The highest BCUT2D eigenvalue weighted by Gasteiger charge is 2.29. The molecule has 1 atom stereocenters. The summed E-state index contributed by atoms with van der Waals surface area (Å²) in [6.07, 6.45) is 2.95. The van der Waals surface area contributed by atoms with Gasteiger partial charge in [0.05, 0.1) is 19.4 Å². The molecular weight excluding hydrogens is 448 g/mol. The number of hydrogen-bond donors (Lipinski definition) is 0. The molecule has 1 fully saturated rings. The molecule has 10 heteroatoms. The molecule has 0 saturated carbocycles. The largest absolute Gasteiger partial charge is 0.491 e. The summed E-state index contributed by atoms with van der Waals surface area (Å²) in [6, 6.07) is 5.94. The number of benzene rings is 1. The van der Waals surface area contributed by atoms with Gasteiger partial charge in [-0.1, -0.05) is 35.6 Å². The van der Waals surface area contributed by atoms with Gasteiger partial charge in [0.2, 0.25) is 5.91 Å². The Labute approximate surface area is 196 Å². The summed E-state index contributed by atoms with van der Waals surface area (Å²) in [5.74, 6) is 1.05. The van der Waals surface area contributed by atoms with E-state index in [1.165, 1.54) is 30.2 Å². The predicted molar refractivity (Wildman–Crippen MR) is 123 cm³/mol. The summed E-state index contributed by atoms with van der Waals surface area (Å²) in [5, 5.41) is 8.97. The van der Waals surface area contributed by atoms with E-state index in [2.05, 4.69) is 21.2 Å². The van der Waals surface area contributed by atoms with Gasteiger partial charge in [-0.15, -0.1) is 10.2 Å². The van der Waals surface area contributed by atoms with E-state index in [4.69, 9.17) is 9.47 Å². The van der Waals surface area contributed by atoms with Crippen LogP contribution in [0.4, 0.5) is 0 Å². The molecule has 172 valence electrons. The number of amides is 1. The van der Waals surface area contributed by atoms with Crippen molar-refractivity contribution in [2.45, 2.75) is 49.7 Å². The molecule has 3 heterocycles. The molecule has 8 nitrogen and oxygen atoms in total. The maximum absolute atomic E-state index is 12.8. The molecule has 2 aliphatic rings. The molecule has 0 radical (unpaired) electrons. The highest BCUT2D eigenvalue weighted by Crippen LogP contribution is 2.28. The third-order valence-electron chi connectivity index (χ3n) is 5.76. The molecule has 1 aromatic heterocycles. The molecule has 4 rings (SSSR count). The minimum atomic E-state index is -0.192. The number of thioether (sulfide) groups is 1. The lowest BCUT2D eigenvalue weighted by Gasteiger charge is -2.33. The van der Waals surface area contributed by atoms with E-state index in [-0.39, 0.29) is 17.9 Å². The molecule has 0 unspecified atom stereocenters. The lowest BCUT2D eigenvalue weighted by atomic mass is 10.0. The summed E-state index contributed by atoms with van der Waals surface area (Å²) in [6.45, 7) is 4.99. The number of carbonyl (C=O) groups is 2. The standard InChI is InChI=1S/C22H28N4O4S2/c1-15-23-24-22(32-15)31-14-20(27)26-9-10-30-19-7-6-16(11-17(19)13-26)12-25-8-4-3-5-18(25)21(28)29-2/h6-7,11,18H,3-5,8-10,12-14H2,1-2H3/t18-/m1/s1. The molecule has 2 aromatic rings. The number of aryl methyl sites for hydroxylation is 1. The van der Waals surface area contributed by atoms with E-state index in [1.54, 1.807) is 0 Å². The molecule has 0 N–H and O–H groups in total. The zero-order valence-corrected chi connectivity index (χ0v) is 20.0. The fourth-order valence-electron chi connectivity index (χ4n) is 4.13. The molecule has 0 aliphatic carbocycles. The van der Waals surface area contributed by atoms with Gasteiger partial charge in [-0.2, -0.15) is 0 Å². The molecule has 32 heavy (non-hydrogen) atoms. The Morgan fingerprint density at radius 3 is 2.94 bits per heavy atom. The first-order valence-corrected chi connectivity index (χ1v) is 12.6. The number of likely N-dealkylation sites (tertiary alicyclic amines) is 1. The molecule has 1 saturated heterocycles. The normalized spacial score (nSPS) is 19.1. The zero-order chi connectivity index (χ0) is 22.5. The van der Waals surface area contributed by atoms with E-state index >= 15 is 0 Å². The lowest BCUT2D eigenvalue weighted by molar-refractivity contribution is -0.148. The average Bonchev–Trinajstić information content (AvgIpc) is 3.10. The van der Waals surface area contributed by atoms with Crippen molar-refractivity contribution in [2.75, 3.05) is 32.6 Å². The maximum atomic E-state index is 12.8. The summed E-state index contributed by atoms with van der Waals surface area (Å²) in [4.78, 5) is 29.1. The van der Waals surface area contributed by atoms with Gasteiger partial charge in [-0.3, -0.25) is 14.5 Å². The minimum absolute atomic E-state index is 0.0616. The summed E-state index contributed by atoms with van der Waals surface area (Å²) in [5.41, 5.74) is 2.10. The third-order valence-corrected chi connectivity index (χ3v) is 7.71. The van der Waals surface area contributed by atoms with E-state index in [0.717, 1.165) is 52.0 Å². The molecule has 0 spiro atoms. The van der Waals surface area contributed by atoms with Gasteiger partial charge in [0.25, 0.3) is 0 Å². The van der Waals surface area contributed by atoms with E-state index in [9.17, 15) is 9.59 Å². The summed E-state index contributed by atoms with van der Waals surface area (Å²) in [7, 11) is 1.45. The topological polar surface area (TPSA) is 84.9 Å². The third kappa shape index (κ3) is 5.60. The van der Waals surface area contributed by atoms with Crippen molar-refractivity contribution in [3.05, 3.63) is 34.3 Å². The lowest BCUT2D eigenvalue weighted by Crippen LogP contribution is -2.44. The van der Waals surface area contributed by atoms with Gasteiger partial charge < -0.3 is 14.4 Å². The number of esters is 1. The second kappa shape index (κ2) is 10.6. The van der Waals surface area contributed by atoms with Crippen LogP contribution in [-0.2, 0) is 27.4 Å². The Morgan fingerprint density at radius 2 is 2.16 bits per heavy atom. The van der Waals surface area contributed by atoms with Crippen molar-refractivity contribution < 1.29 is 19.1 Å². The number of hydrogen-bond acceptors (Lipinski definition) is 9. The van der Waals surface area contributed by atoms with Crippen LogP contribution >= 0.6 is 23.1 Å². The zero-order valence-electron chi connectivity index (χ0n) is 18.4. The minimum Gasteiger partial charge on any atom is -0.491 e. The van der Waals surface area contributed by atoms with Crippen molar-refractivity contribution >= 4 is 35.0 Å². The van der Waals surface area contributed by atoms with E-state index < -0.39 is 0 Å². The monoisotopic (exact) mass is 476 g/mol. The van der Waals surface area contributed by atoms with Crippen LogP contribution in [0.2, 0.25) is 0 Å². The van der Waals surface area contributed by atoms with Crippen molar-refractivity contribution in [1.82, 2.24) is 20.0 Å². The van der Waals surface area contributed by atoms with Crippen molar-refractivity contribution in [3.8, 4) is 5.75 Å². The van der Waals surface area contributed by atoms with Crippen LogP contribution in [0, 0.1) is 6.92 Å². The Bertz CT molecular complexity index is 967. The number of nitrogens with zero attached hydrogens (tertiary/aromatic N) is 4. The van der Waals surface area contributed by atoms with E-state index in [0.29, 0.717) is 32.0 Å². The maximum Gasteiger partial charge on any atom is 0.323 e. The Balaban J connectivity index is 1.42. The van der Waals surface area contributed by atoms with Crippen LogP contribution in [0.3, 0.4) is 0 Å². The number of carbonyl (C=O) groups excluding carboxylic acids is 2. The Morgan fingerprint density at radius 1 is 1.28 bits per heavy atom. The first kappa shape index (κ1) is 23.0. The second-order valence-corrected chi connectivity index (χ2v) is 10.4.